The summed E-state index contributed by atoms with van der Waals surface area (Å²) in [5.41, 5.74) is 10.9. The molecule has 0 bridgehead atoms. The Morgan fingerprint density at radius 2 is 1.90 bits per heavy atom. The van der Waals surface area contributed by atoms with Gasteiger partial charge in [-0.15, -0.1) is 11.3 Å². The van der Waals surface area contributed by atoms with Gasteiger partial charge in [0.05, 0.1) is 10.4 Å². The van der Waals surface area contributed by atoms with Crippen molar-refractivity contribution in [2.24, 2.45) is 16.6 Å². The zero-order valence-electron chi connectivity index (χ0n) is 16.0. The molecule has 0 fully saturated rings. The maximum absolute atomic E-state index is 12.5. The number of aliphatic carboxylic acids is 1. The molecule has 1 atom stereocenters. The van der Waals surface area contributed by atoms with Gasteiger partial charge in [0.25, 0.3) is 10.0 Å². The van der Waals surface area contributed by atoms with Crippen LogP contribution in [-0.2, 0) is 26.1 Å². The van der Waals surface area contributed by atoms with E-state index in [2.05, 4.69) is 41.7 Å². The van der Waals surface area contributed by atoms with Crippen molar-refractivity contribution in [3.63, 3.8) is 0 Å². The second-order valence-electron chi connectivity index (χ2n) is 6.10. The fourth-order valence-electron chi connectivity index (χ4n) is 2.28. The number of carbonyl (C=O) groups is 1. The van der Waals surface area contributed by atoms with Gasteiger partial charge < -0.3 is 26.1 Å². The number of hydrogen-bond acceptors (Lipinski definition) is 7. The number of thiophene rings is 1. The van der Waals surface area contributed by atoms with Crippen LogP contribution in [0.4, 0.5) is 0 Å². The first-order chi connectivity index (χ1) is 14.6. The number of rotatable bonds is 12. The van der Waals surface area contributed by atoms with Crippen molar-refractivity contribution in [2.45, 2.75) is 23.1 Å². The minimum absolute atomic E-state index is 0.00469. The first-order valence-corrected chi connectivity index (χ1v) is 12.6. The fraction of sp³-hybridized carbons (Fsp3) is 0.294. The monoisotopic (exact) mass is 598 g/mol. The number of ether oxygens (including phenoxy) is 1. The van der Waals surface area contributed by atoms with Gasteiger partial charge in [0.15, 0.2) is 0 Å². The van der Waals surface area contributed by atoms with Crippen molar-refractivity contribution in [1.29, 1.82) is 0 Å². The molecule has 10 nitrogen and oxygen atoms in total. The summed E-state index contributed by atoms with van der Waals surface area (Å²) >= 11 is 7.43. The van der Waals surface area contributed by atoms with Crippen LogP contribution in [0.3, 0.4) is 0 Å². The number of carboxylic acid groups (broad SMARTS) is 1. The molecule has 170 valence electrons. The fourth-order valence-corrected chi connectivity index (χ4v) is 6.30. The molecule has 1 aromatic heterocycles. The summed E-state index contributed by atoms with van der Waals surface area (Å²) in [6.07, 6.45) is 0.519. The van der Waals surface area contributed by atoms with E-state index in [0.29, 0.717) is 32.6 Å². The highest BCUT2D eigenvalue weighted by Gasteiger charge is 2.27. The summed E-state index contributed by atoms with van der Waals surface area (Å²) in [4.78, 5) is 16.5. The highest BCUT2D eigenvalue weighted by Crippen LogP contribution is 2.34. The summed E-state index contributed by atoms with van der Waals surface area (Å²) in [6.45, 7) is 0.649. The minimum atomic E-state index is -3.99. The van der Waals surface area contributed by atoms with E-state index in [1.807, 2.05) is 0 Å². The molecule has 2 rings (SSSR count). The number of carboxylic acids is 1. The van der Waals surface area contributed by atoms with E-state index < -0.39 is 22.0 Å². The first-order valence-electron chi connectivity index (χ1n) is 8.71. The lowest BCUT2D eigenvalue weighted by molar-refractivity contribution is -0.138. The van der Waals surface area contributed by atoms with Gasteiger partial charge >= 0.3 is 5.97 Å². The van der Waals surface area contributed by atoms with E-state index in [-0.39, 0.29) is 23.2 Å². The third kappa shape index (κ3) is 8.29. The molecule has 31 heavy (non-hydrogen) atoms. The van der Waals surface area contributed by atoms with Crippen molar-refractivity contribution in [1.82, 2.24) is 4.72 Å². The molecular weight excluding hydrogens is 580 g/mol. The van der Waals surface area contributed by atoms with Crippen LogP contribution in [0.15, 0.2) is 48.0 Å². The smallest absolute Gasteiger partial charge is 0.322 e. The highest BCUT2D eigenvalue weighted by atomic mass is 79.9. The number of benzene rings is 1. The molecule has 0 radical (unpaired) electrons. The van der Waals surface area contributed by atoms with Gasteiger partial charge in [-0.3, -0.25) is 4.79 Å². The second kappa shape index (κ2) is 11.7. The molecule has 14 heteroatoms. The van der Waals surface area contributed by atoms with Crippen LogP contribution in [0, 0.1) is 0 Å². The molecule has 6 N–H and O–H groups in total. The molecule has 0 saturated carbocycles. The third-order valence-electron chi connectivity index (χ3n) is 3.66. The van der Waals surface area contributed by atoms with E-state index in [9.17, 15) is 18.3 Å². The maximum Gasteiger partial charge on any atom is 0.322 e. The SMILES string of the molecule is NC(N)=NOCCCOc1ccc(CC(NS(=O)(=O)c2cc(Br)c(Br)s2)C(=O)O)cc1. The molecule has 1 heterocycles. The van der Waals surface area contributed by atoms with Crippen molar-refractivity contribution in [3.05, 3.63) is 44.2 Å². The van der Waals surface area contributed by atoms with Crippen molar-refractivity contribution < 1.29 is 27.9 Å². The van der Waals surface area contributed by atoms with E-state index in [0.717, 1.165) is 11.3 Å². The Labute approximate surface area is 199 Å². The minimum Gasteiger partial charge on any atom is -0.493 e. The number of halogens is 2. The number of hydrogen-bond donors (Lipinski definition) is 4. The van der Waals surface area contributed by atoms with Crippen LogP contribution in [0.25, 0.3) is 0 Å². The van der Waals surface area contributed by atoms with E-state index in [1.165, 1.54) is 6.07 Å². The average molecular weight is 600 g/mol. The largest absolute Gasteiger partial charge is 0.493 e. The molecule has 0 aliphatic heterocycles. The molecule has 0 aliphatic carbocycles. The molecule has 0 amide bonds. The maximum atomic E-state index is 12.5. The Kier molecular flexibility index (Phi) is 9.55. The second-order valence-corrected chi connectivity index (χ2v) is 11.3. The standard InChI is InChI=1S/C17H20Br2N4O6S2/c18-12-9-14(30-15(12)19)31(26,27)23-13(16(24)25)8-10-2-4-11(5-3-10)28-6-1-7-29-22-17(20)21/h2-5,9,13,23H,1,6-8H2,(H,24,25)(H4,20,21,22). The third-order valence-corrected chi connectivity index (χ3v) is 8.87. The molecule has 0 spiro atoms. The summed E-state index contributed by atoms with van der Waals surface area (Å²) in [7, 11) is -3.99. The lowest BCUT2D eigenvalue weighted by Gasteiger charge is -2.14. The zero-order chi connectivity index (χ0) is 23.0. The zero-order valence-corrected chi connectivity index (χ0v) is 20.8. The number of nitrogens with zero attached hydrogens (tertiary/aromatic N) is 1. The lowest BCUT2D eigenvalue weighted by atomic mass is 10.1. The van der Waals surface area contributed by atoms with Gasteiger partial charge in [-0.25, -0.2) is 8.42 Å². The number of nitrogens with two attached hydrogens (primary N) is 2. The Bertz CT molecular complexity index is 1000. The van der Waals surface area contributed by atoms with Crippen molar-refractivity contribution in [3.8, 4) is 5.75 Å². The molecule has 0 aliphatic rings. The van der Waals surface area contributed by atoms with Crippen LogP contribution in [0.2, 0.25) is 0 Å². The Hall–Kier alpha value is -1.87. The normalized spacial score (nSPS) is 12.2. The van der Waals surface area contributed by atoms with Crippen LogP contribution < -0.4 is 20.9 Å². The van der Waals surface area contributed by atoms with Crippen LogP contribution in [0.1, 0.15) is 12.0 Å². The number of sulfonamides is 1. The van der Waals surface area contributed by atoms with Crippen molar-refractivity contribution in [2.75, 3.05) is 13.2 Å². The quantitative estimate of drug-likeness (QED) is 0.125. The highest BCUT2D eigenvalue weighted by molar-refractivity contribution is 9.13. The van der Waals surface area contributed by atoms with Gasteiger partial charge in [-0.2, -0.15) is 4.72 Å². The van der Waals surface area contributed by atoms with Crippen LogP contribution in [-0.4, -0.2) is 44.7 Å². The average Bonchev–Trinajstić information content (AvgIpc) is 3.04. The number of nitrogens with one attached hydrogen (secondary N) is 1. The first kappa shape index (κ1) is 25.4. The van der Waals surface area contributed by atoms with Gasteiger partial charge in [-0.05, 0) is 67.2 Å². The van der Waals surface area contributed by atoms with Gasteiger partial charge in [0.2, 0.25) is 5.96 Å². The van der Waals surface area contributed by atoms with Crippen LogP contribution in [0.5, 0.6) is 5.75 Å². The summed E-state index contributed by atoms with van der Waals surface area (Å²) in [5, 5.41) is 12.9. The van der Waals surface area contributed by atoms with Gasteiger partial charge in [0.1, 0.15) is 22.6 Å². The summed E-state index contributed by atoms with van der Waals surface area (Å²) in [5.74, 6) is -0.861. The van der Waals surface area contributed by atoms with Gasteiger partial charge in [0, 0.05) is 10.9 Å². The van der Waals surface area contributed by atoms with Gasteiger partial charge in [-0.1, -0.05) is 12.1 Å². The summed E-state index contributed by atoms with van der Waals surface area (Å²) < 4.78 is 34.0. The van der Waals surface area contributed by atoms with Crippen LogP contribution >= 0.6 is 43.2 Å². The Morgan fingerprint density at radius 3 is 2.45 bits per heavy atom. The molecule has 2 aromatic rings. The van der Waals surface area contributed by atoms with E-state index in [1.54, 1.807) is 24.3 Å². The Balaban J connectivity index is 1.93. The molecular formula is C17H20Br2N4O6S2. The topological polar surface area (TPSA) is 166 Å². The summed E-state index contributed by atoms with van der Waals surface area (Å²) in [6, 6.07) is 6.77. The van der Waals surface area contributed by atoms with Crippen molar-refractivity contribution >= 4 is 65.1 Å². The number of oxime groups is 1. The van der Waals surface area contributed by atoms with E-state index in [4.69, 9.17) is 21.0 Å². The predicted molar refractivity (Wildman–Crippen MR) is 123 cm³/mol. The lowest BCUT2D eigenvalue weighted by Crippen LogP contribution is -2.42. The number of guanidine groups is 1. The molecule has 1 aromatic carbocycles. The molecule has 1 unspecified atom stereocenters. The van der Waals surface area contributed by atoms with E-state index >= 15 is 0 Å². The molecule has 0 saturated heterocycles. The predicted octanol–water partition coefficient (Wildman–Crippen LogP) is 2.22. The Morgan fingerprint density at radius 1 is 1.23 bits per heavy atom.